The Morgan fingerprint density at radius 3 is 3.00 bits per heavy atom. The monoisotopic (exact) mass is 254 g/mol. The van der Waals surface area contributed by atoms with Gasteiger partial charge in [0.05, 0.1) is 11.9 Å². The summed E-state index contributed by atoms with van der Waals surface area (Å²) in [6.45, 7) is 0.832. The van der Waals surface area contributed by atoms with E-state index in [1.54, 1.807) is 6.20 Å². The van der Waals surface area contributed by atoms with E-state index in [-0.39, 0.29) is 5.91 Å². The SMILES string of the molecule is O=C(CSc1cn[nH]n1)NCC1CCCCC1. The maximum Gasteiger partial charge on any atom is 0.230 e. The molecule has 0 unspecified atom stereocenters. The molecule has 2 N–H and O–H groups in total. The maximum atomic E-state index is 11.6. The molecule has 0 aromatic carbocycles. The Labute approximate surface area is 105 Å². The zero-order valence-corrected chi connectivity index (χ0v) is 10.6. The lowest BCUT2D eigenvalue weighted by atomic mass is 9.89. The van der Waals surface area contributed by atoms with Gasteiger partial charge in [-0.3, -0.25) is 4.79 Å². The van der Waals surface area contributed by atoms with Crippen molar-refractivity contribution in [3.63, 3.8) is 0 Å². The number of carbonyl (C=O) groups is 1. The minimum atomic E-state index is 0.0866. The van der Waals surface area contributed by atoms with Crippen LogP contribution in [0.5, 0.6) is 0 Å². The molecular weight excluding hydrogens is 236 g/mol. The van der Waals surface area contributed by atoms with Crippen LogP contribution < -0.4 is 5.32 Å². The van der Waals surface area contributed by atoms with Crippen molar-refractivity contribution in [2.24, 2.45) is 5.92 Å². The summed E-state index contributed by atoms with van der Waals surface area (Å²) in [7, 11) is 0. The average molecular weight is 254 g/mol. The summed E-state index contributed by atoms with van der Waals surface area (Å²) in [6.07, 6.45) is 8.13. The zero-order valence-electron chi connectivity index (χ0n) is 9.82. The van der Waals surface area contributed by atoms with Crippen molar-refractivity contribution in [3.8, 4) is 0 Å². The normalized spacial score (nSPS) is 16.9. The standard InChI is InChI=1S/C11H18N4OS/c16-10(8-17-11-7-13-15-14-11)12-6-9-4-2-1-3-5-9/h7,9H,1-6,8H2,(H,12,16)(H,13,14,15). The third-order valence-corrected chi connectivity index (χ3v) is 3.96. The van der Waals surface area contributed by atoms with Crippen molar-refractivity contribution >= 4 is 17.7 Å². The molecule has 0 radical (unpaired) electrons. The van der Waals surface area contributed by atoms with Crippen molar-refractivity contribution in [2.75, 3.05) is 12.3 Å². The van der Waals surface area contributed by atoms with Gasteiger partial charge in [0, 0.05) is 6.54 Å². The molecule has 0 bridgehead atoms. The number of rotatable bonds is 5. The van der Waals surface area contributed by atoms with E-state index >= 15 is 0 Å². The highest BCUT2D eigenvalue weighted by atomic mass is 32.2. The second-order valence-corrected chi connectivity index (χ2v) is 5.40. The average Bonchev–Trinajstić information content (AvgIpc) is 2.88. The van der Waals surface area contributed by atoms with Crippen molar-refractivity contribution in [1.29, 1.82) is 0 Å². The van der Waals surface area contributed by atoms with Crippen LogP contribution in [0, 0.1) is 5.92 Å². The minimum Gasteiger partial charge on any atom is -0.355 e. The topological polar surface area (TPSA) is 70.7 Å². The number of aromatic nitrogens is 3. The van der Waals surface area contributed by atoms with Crippen molar-refractivity contribution in [2.45, 2.75) is 37.1 Å². The number of amides is 1. The second kappa shape index (κ2) is 6.64. The summed E-state index contributed by atoms with van der Waals surface area (Å²) >= 11 is 1.40. The molecule has 1 fully saturated rings. The Hall–Kier alpha value is -1.04. The first kappa shape index (κ1) is 12.4. The molecule has 1 aliphatic rings. The van der Waals surface area contributed by atoms with Gasteiger partial charge in [0.2, 0.25) is 5.91 Å². The maximum absolute atomic E-state index is 11.6. The lowest BCUT2D eigenvalue weighted by molar-refractivity contribution is -0.118. The molecule has 0 spiro atoms. The van der Waals surface area contributed by atoms with Gasteiger partial charge in [0.1, 0.15) is 5.03 Å². The van der Waals surface area contributed by atoms with Crippen LogP contribution >= 0.6 is 11.8 Å². The van der Waals surface area contributed by atoms with Crippen LogP contribution in [-0.2, 0) is 4.79 Å². The number of H-pyrrole nitrogens is 1. The Morgan fingerprint density at radius 1 is 1.47 bits per heavy atom. The molecule has 1 aliphatic carbocycles. The van der Waals surface area contributed by atoms with Crippen molar-refractivity contribution < 1.29 is 4.79 Å². The molecule has 1 heterocycles. The molecule has 5 nitrogen and oxygen atoms in total. The van der Waals surface area contributed by atoms with E-state index in [0.717, 1.165) is 11.6 Å². The number of nitrogens with one attached hydrogen (secondary N) is 2. The first-order valence-corrected chi connectivity index (χ1v) is 7.08. The smallest absolute Gasteiger partial charge is 0.230 e. The van der Waals surface area contributed by atoms with Crippen molar-refractivity contribution in [1.82, 2.24) is 20.7 Å². The number of hydrogen-bond donors (Lipinski definition) is 2. The summed E-state index contributed by atoms with van der Waals surface area (Å²) in [5.74, 6) is 1.19. The predicted molar refractivity (Wildman–Crippen MR) is 66.7 cm³/mol. The molecule has 1 saturated carbocycles. The number of thioether (sulfide) groups is 1. The Kier molecular flexibility index (Phi) is 4.85. The fourth-order valence-corrected chi connectivity index (χ4v) is 2.71. The fraction of sp³-hybridized carbons (Fsp3) is 0.727. The van der Waals surface area contributed by atoms with Crippen LogP contribution in [0.4, 0.5) is 0 Å². The molecule has 1 aromatic heterocycles. The summed E-state index contributed by atoms with van der Waals surface area (Å²) in [5.41, 5.74) is 0. The quantitative estimate of drug-likeness (QED) is 0.783. The van der Waals surface area contributed by atoms with Gasteiger partial charge >= 0.3 is 0 Å². The Balaban J connectivity index is 1.60. The number of carbonyl (C=O) groups excluding carboxylic acids is 1. The van der Waals surface area contributed by atoms with Crippen molar-refractivity contribution in [3.05, 3.63) is 6.20 Å². The van der Waals surface area contributed by atoms with E-state index in [2.05, 4.69) is 20.7 Å². The summed E-state index contributed by atoms with van der Waals surface area (Å²) in [4.78, 5) is 11.6. The molecule has 6 heteroatoms. The van der Waals surface area contributed by atoms with E-state index in [1.807, 2.05) is 0 Å². The molecule has 0 saturated heterocycles. The number of nitrogens with zero attached hydrogens (tertiary/aromatic N) is 2. The van der Waals surface area contributed by atoms with Crippen LogP contribution in [0.25, 0.3) is 0 Å². The molecular formula is C11H18N4OS. The highest BCUT2D eigenvalue weighted by Gasteiger charge is 2.14. The largest absolute Gasteiger partial charge is 0.355 e. The number of hydrogen-bond acceptors (Lipinski definition) is 4. The first-order chi connectivity index (χ1) is 8.34. The minimum absolute atomic E-state index is 0.0866. The summed E-state index contributed by atoms with van der Waals surface area (Å²) < 4.78 is 0. The van der Waals surface area contributed by atoms with Gasteiger partial charge in [-0.05, 0) is 18.8 Å². The van der Waals surface area contributed by atoms with Crippen LogP contribution in [0.3, 0.4) is 0 Å². The van der Waals surface area contributed by atoms with Crippen LogP contribution in [0.15, 0.2) is 11.2 Å². The molecule has 17 heavy (non-hydrogen) atoms. The molecule has 1 aromatic rings. The fourth-order valence-electron chi connectivity index (χ4n) is 2.10. The molecule has 0 aliphatic heterocycles. The van der Waals surface area contributed by atoms with Gasteiger partial charge < -0.3 is 5.32 Å². The van der Waals surface area contributed by atoms with E-state index in [1.165, 1.54) is 43.9 Å². The Morgan fingerprint density at radius 2 is 2.29 bits per heavy atom. The van der Waals surface area contributed by atoms with Crippen LogP contribution in [-0.4, -0.2) is 33.6 Å². The predicted octanol–water partition coefficient (Wildman–Crippen LogP) is 1.59. The molecule has 1 amide bonds. The first-order valence-electron chi connectivity index (χ1n) is 6.10. The highest BCUT2D eigenvalue weighted by molar-refractivity contribution is 7.99. The molecule has 2 rings (SSSR count). The highest BCUT2D eigenvalue weighted by Crippen LogP contribution is 2.22. The summed E-state index contributed by atoms with van der Waals surface area (Å²) in [5, 5.41) is 13.9. The van der Waals surface area contributed by atoms with E-state index < -0.39 is 0 Å². The van der Waals surface area contributed by atoms with Gasteiger partial charge in [-0.25, -0.2) is 0 Å². The van der Waals surface area contributed by atoms with Gasteiger partial charge in [-0.15, -0.1) is 5.10 Å². The van der Waals surface area contributed by atoms with Gasteiger partial charge in [0.15, 0.2) is 0 Å². The third-order valence-electron chi connectivity index (χ3n) is 3.06. The van der Waals surface area contributed by atoms with E-state index in [9.17, 15) is 4.79 Å². The lowest BCUT2D eigenvalue weighted by Gasteiger charge is -2.21. The molecule has 94 valence electrons. The van der Waals surface area contributed by atoms with Gasteiger partial charge in [-0.2, -0.15) is 10.3 Å². The summed E-state index contributed by atoms with van der Waals surface area (Å²) in [6, 6.07) is 0. The van der Waals surface area contributed by atoms with Crippen LogP contribution in [0.1, 0.15) is 32.1 Å². The van der Waals surface area contributed by atoms with E-state index in [0.29, 0.717) is 11.7 Å². The third kappa shape index (κ3) is 4.38. The molecule has 0 atom stereocenters. The van der Waals surface area contributed by atoms with Gasteiger partial charge in [0.25, 0.3) is 0 Å². The second-order valence-electron chi connectivity index (χ2n) is 4.41. The van der Waals surface area contributed by atoms with Gasteiger partial charge in [-0.1, -0.05) is 31.0 Å². The Bertz CT molecular complexity index is 335. The lowest BCUT2D eigenvalue weighted by Crippen LogP contribution is -2.31. The zero-order chi connectivity index (χ0) is 11.9. The van der Waals surface area contributed by atoms with E-state index in [4.69, 9.17) is 0 Å². The number of aromatic amines is 1. The van der Waals surface area contributed by atoms with Crippen LogP contribution in [0.2, 0.25) is 0 Å².